The summed E-state index contributed by atoms with van der Waals surface area (Å²) in [6.07, 6.45) is 1.46. The molecule has 0 spiro atoms. The van der Waals surface area contributed by atoms with Gasteiger partial charge in [0.2, 0.25) is 0 Å². The Kier molecular flexibility index (Phi) is 3.09. The molecule has 4 heterocycles. The number of rotatable bonds is 2. The number of hydrogen-bond acceptors (Lipinski definition) is 7. The molecule has 21 heavy (non-hydrogen) atoms. The van der Waals surface area contributed by atoms with E-state index in [1.54, 1.807) is 10.4 Å². The van der Waals surface area contributed by atoms with Gasteiger partial charge in [0.05, 0.1) is 11.1 Å². The first-order valence-corrected chi connectivity index (χ1v) is 8.34. The van der Waals surface area contributed by atoms with Crippen molar-refractivity contribution in [3.63, 3.8) is 0 Å². The Hall–Kier alpha value is -1.32. The molecule has 4 rings (SSSR count). The molecule has 0 amide bonds. The van der Waals surface area contributed by atoms with Crippen molar-refractivity contribution < 1.29 is 18.6 Å². The molecule has 0 atom stereocenters. The average molecular weight is 311 g/mol. The van der Waals surface area contributed by atoms with Gasteiger partial charge in [-0.15, -0.1) is 10.8 Å². The van der Waals surface area contributed by atoms with Crippen molar-refractivity contribution >= 4 is 10.8 Å². The molecule has 3 aliphatic rings. The lowest BCUT2D eigenvalue weighted by Gasteiger charge is -2.41. The number of aromatic nitrogens is 1. The SMILES string of the molecule is OS(O)(c1cnc2c(c1)OCCO2)N1CC2=C(CNC2)C1. The van der Waals surface area contributed by atoms with E-state index in [-0.39, 0.29) is 0 Å². The van der Waals surface area contributed by atoms with Gasteiger partial charge in [0, 0.05) is 32.2 Å². The van der Waals surface area contributed by atoms with Crippen LogP contribution in [0.4, 0.5) is 0 Å². The van der Waals surface area contributed by atoms with E-state index >= 15 is 0 Å². The molecule has 0 aromatic carbocycles. The van der Waals surface area contributed by atoms with Crippen molar-refractivity contribution in [1.29, 1.82) is 0 Å². The highest BCUT2D eigenvalue weighted by molar-refractivity contribution is 8.22. The number of hydrogen-bond donors (Lipinski definition) is 3. The van der Waals surface area contributed by atoms with Gasteiger partial charge in [-0.2, -0.15) is 4.31 Å². The lowest BCUT2D eigenvalue weighted by molar-refractivity contribution is 0.163. The van der Waals surface area contributed by atoms with Gasteiger partial charge < -0.3 is 14.8 Å². The van der Waals surface area contributed by atoms with Crippen molar-refractivity contribution in [2.45, 2.75) is 4.90 Å². The minimum absolute atomic E-state index is 0.376. The third kappa shape index (κ3) is 2.19. The van der Waals surface area contributed by atoms with Crippen LogP contribution in [0.25, 0.3) is 0 Å². The van der Waals surface area contributed by atoms with Gasteiger partial charge in [-0.05, 0) is 11.1 Å². The van der Waals surface area contributed by atoms with E-state index in [1.165, 1.54) is 17.3 Å². The molecule has 3 N–H and O–H groups in total. The molecule has 0 radical (unpaired) electrons. The molecule has 1 aromatic heterocycles. The number of ether oxygens (including phenoxy) is 2. The molecule has 0 fully saturated rings. The first-order valence-electron chi connectivity index (χ1n) is 6.84. The minimum Gasteiger partial charge on any atom is -0.484 e. The topological polar surface area (TPSA) is 87.1 Å². The molecule has 0 saturated heterocycles. The van der Waals surface area contributed by atoms with Crippen LogP contribution in [0.5, 0.6) is 11.6 Å². The second-order valence-electron chi connectivity index (χ2n) is 5.30. The van der Waals surface area contributed by atoms with Gasteiger partial charge >= 0.3 is 0 Å². The molecular formula is C13H17N3O4S. The van der Waals surface area contributed by atoms with Gasteiger partial charge in [-0.25, -0.2) is 4.98 Å². The summed E-state index contributed by atoms with van der Waals surface area (Å²) in [5.41, 5.74) is 2.53. The fourth-order valence-corrected chi connectivity index (χ4v) is 4.26. The van der Waals surface area contributed by atoms with Crippen molar-refractivity contribution in [2.75, 3.05) is 39.4 Å². The van der Waals surface area contributed by atoms with Crippen molar-refractivity contribution in [3.8, 4) is 11.6 Å². The van der Waals surface area contributed by atoms with Crippen LogP contribution >= 0.6 is 10.8 Å². The van der Waals surface area contributed by atoms with E-state index in [2.05, 4.69) is 10.3 Å². The van der Waals surface area contributed by atoms with Crippen LogP contribution in [0.15, 0.2) is 28.3 Å². The zero-order valence-electron chi connectivity index (χ0n) is 11.4. The quantitative estimate of drug-likeness (QED) is 0.705. The van der Waals surface area contributed by atoms with E-state index in [0.29, 0.717) is 42.8 Å². The summed E-state index contributed by atoms with van der Waals surface area (Å²) in [6, 6.07) is 1.62. The van der Waals surface area contributed by atoms with Crippen LogP contribution in [0.2, 0.25) is 0 Å². The molecule has 0 saturated carbocycles. The normalized spacial score (nSPS) is 22.6. The Balaban J connectivity index is 1.60. The molecule has 3 aliphatic heterocycles. The zero-order chi connectivity index (χ0) is 14.4. The summed E-state index contributed by atoms with van der Waals surface area (Å²) in [7, 11) is -3.05. The van der Waals surface area contributed by atoms with Crippen LogP contribution < -0.4 is 14.8 Å². The maximum absolute atomic E-state index is 10.6. The fraction of sp³-hybridized carbons (Fsp3) is 0.462. The summed E-state index contributed by atoms with van der Waals surface area (Å²) in [6.45, 7) is 3.74. The Morgan fingerprint density at radius 1 is 1.14 bits per heavy atom. The minimum atomic E-state index is -3.05. The molecule has 1 aromatic rings. The van der Waals surface area contributed by atoms with E-state index in [1.807, 2.05) is 0 Å². The largest absolute Gasteiger partial charge is 0.484 e. The Bertz CT molecular complexity index is 603. The Morgan fingerprint density at radius 3 is 2.62 bits per heavy atom. The third-order valence-electron chi connectivity index (χ3n) is 3.96. The fourth-order valence-electron chi connectivity index (χ4n) is 2.83. The van der Waals surface area contributed by atoms with Crippen molar-refractivity contribution in [1.82, 2.24) is 14.6 Å². The Labute approximate surface area is 124 Å². The Morgan fingerprint density at radius 2 is 1.86 bits per heavy atom. The predicted molar refractivity (Wildman–Crippen MR) is 77.8 cm³/mol. The molecule has 0 aliphatic carbocycles. The standard InChI is InChI=1S/C13H17N3O4S/c17-21(18,16-7-9-4-14-5-10(9)8-16)11-3-12-13(15-6-11)20-2-1-19-12/h3,6,14,17-18H,1-2,4-5,7-8H2. The van der Waals surface area contributed by atoms with Crippen LogP contribution in [0.1, 0.15) is 0 Å². The number of nitrogens with one attached hydrogen (secondary N) is 1. The second kappa shape index (κ2) is 4.85. The second-order valence-corrected chi connectivity index (χ2v) is 7.32. The molecular weight excluding hydrogens is 294 g/mol. The van der Waals surface area contributed by atoms with Crippen molar-refractivity contribution in [2.24, 2.45) is 0 Å². The highest BCUT2D eigenvalue weighted by Gasteiger charge is 2.35. The summed E-state index contributed by atoms with van der Waals surface area (Å²) in [5, 5.41) is 3.27. The van der Waals surface area contributed by atoms with E-state index in [9.17, 15) is 9.11 Å². The molecule has 7 nitrogen and oxygen atoms in total. The van der Waals surface area contributed by atoms with Gasteiger partial charge in [0.15, 0.2) is 5.75 Å². The average Bonchev–Trinajstić information content (AvgIpc) is 3.08. The molecule has 8 heteroatoms. The third-order valence-corrected chi connectivity index (χ3v) is 5.79. The smallest absolute Gasteiger partial charge is 0.257 e. The van der Waals surface area contributed by atoms with E-state index in [4.69, 9.17) is 9.47 Å². The first-order chi connectivity index (χ1) is 10.1. The highest BCUT2D eigenvalue weighted by atomic mass is 32.3. The first kappa shape index (κ1) is 13.4. The predicted octanol–water partition coefficient (Wildman–Crippen LogP) is 1.09. The van der Waals surface area contributed by atoms with Gasteiger partial charge in [-0.1, -0.05) is 0 Å². The number of pyridine rings is 1. The van der Waals surface area contributed by atoms with Gasteiger partial charge in [-0.3, -0.25) is 9.11 Å². The van der Waals surface area contributed by atoms with Gasteiger partial charge in [0.1, 0.15) is 13.2 Å². The molecule has 0 bridgehead atoms. The lowest BCUT2D eigenvalue weighted by atomic mass is 10.2. The molecule has 0 unspecified atom stereocenters. The maximum Gasteiger partial charge on any atom is 0.257 e. The highest BCUT2D eigenvalue weighted by Crippen LogP contribution is 2.54. The summed E-state index contributed by atoms with van der Waals surface area (Å²) in [4.78, 5) is 4.51. The summed E-state index contributed by atoms with van der Waals surface area (Å²) < 4.78 is 33.8. The zero-order valence-corrected chi connectivity index (χ0v) is 12.2. The summed E-state index contributed by atoms with van der Waals surface area (Å²) >= 11 is 0. The number of fused-ring (bicyclic) bond motifs is 1. The number of nitrogens with zero attached hydrogens (tertiary/aromatic N) is 2. The molecule has 114 valence electrons. The summed E-state index contributed by atoms with van der Waals surface area (Å²) in [5.74, 6) is 0.881. The van der Waals surface area contributed by atoms with Crippen LogP contribution in [-0.2, 0) is 0 Å². The maximum atomic E-state index is 10.6. The van der Waals surface area contributed by atoms with Crippen LogP contribution in [-0.4, -0.2) is 57.8 Å². The van der Waals surface area contributed by atoms with Gasteiger partial charge in [0.25, 0.3) is 5.88 Å². The van der Waals surface area contributed by atoms with E-state index < -0.39 is 10.8 Å². The van der Waals surface area contributed by atoms with Crippen LogP contribution in [0.3, 0.4) is 0 Å². The monoisotopic (exact) mass is 311 g/mol. The van der Waals surface area contributed by atoms with Crippen molar-refractivity contribution in [3.05, 3.63) is 23.4 Å². The lowest BCUT2D eigenvalue weighted by Crippen LogP contribution is -2.30. The van der Waals surface area contributed by atoms with Crippen LogP contribution in [0, 0.1) is 0 Å². The van der Waals surface area contributed by atoms with E-state index in [0.717, 1.165) is 13.1 Å².